The van der Waals surface area contributed by atoms with E-state index in [1.807, 2.05) is 0 Å². The van der Waals surface area contributed by atoms with Gasteiger partial charge in [0.25, 0.3) is 11.8 Å². The van der Waals surface area contributed by atoms with Gasteiger partial charge in [-0.05, 0) is 24.3 Å². The van der Waals surface area contributed by atoms with E-state index in [0.717, 1.165) is 0 Å². The van der Waals surface area contributed by atoms with E-state index >= 15 is 0 Å². The topological polar surface area (TPSA) is 112 Å². The molecule has 188 valence electrons. The van der Waals surface area contributed by atoms with Crippen LogP contribution < -0.4 is 15.4 Å². The third-order valence-corrected chi connectivity index (χ3v) is 4.82. The molecule has 0 aliphatic rings. The molecule has 3 aromatic heterocycles. The van der Waals surface area contributed by atoms with E-state index in [9.17, 15) is 31.5 Å². The molecule has 0 aliphatic carbocycles. The highest BCUT2D eigenvalue weighted by molar-refractivity contribution is 6.07. The number of rotatable bonds is 8. The molecule has 1 aromatic carbocycles. The van der Waals surface area contributed by atoms with Crippen LogP contribution in [0.2, 0.25) is 0 Å². The fourth-order valence-electron chi connectivity index (χ4n) is 3.08. The molecule has 4 rings (SSSR count). The van der Waals surface area contributed by atoms with Gasteiger partial charge in [0.1, 0.15) is 23.8 Å². The molecule has 0 fully saturated rings. The Kier molecular flexibility index (Phi) is 6.76. The Hall–Kier alpha value is -4.62. The second kappa shape index (κ2) is 9.93. The zero-order chi connectivity index (χ0) is 26.0. The van der Waals surface area contributed by atoms with Crippen molar-refractivity contribution in [1.82, 2.24) is 15.1 Å². The van der Waals surface area contributed by atoms with Crippen LogP contribution in [0.15, 0.2) is 45.6 Å². The Balaban J connectivity index is 1.42. The van der Waals surface area contributed by atoms with Crippen LogP contribution >= 0.6 is 0 Å². The summed E-state index contributed by atoms with van der Waals surface area (Å²) in [4.78, 5) is 25.1. The molecular weight excluding hydrogens is 495 g/mol. The fourth-order valence-corrected chi connectivity index (χ4v) is 3.08. The van der Waals surface area contributed by atoms with Crippen LogP contribution in [0, 0.1) is 29.1 Å². The maximum absolute atomic E-state index is 13.7. The van der Waals surface area contributed by atoms with Crippen LogP contribution in [0.25, 0.3) is 0 Å². The van der Waals surface area contributed by atoms with Crippen LogP contribution in [0.1, 0.15) is 32.6 Å². The minimum atomic E-state index is -2.32. The van der Waals surface area contributed by atoms with Gasteiger partial charge in [-0.1, -0.05) is 0 Å². The molecule has 14 heteroatoms. The number of aryl methyl sites for hydroxylation is 1. The van der Waals surface area contributed by atoms with E-state index in [0.29, 0.717) is 5.76 Å². The van der Waals surface area contributed by atoms with Crippen LogP contribution in [-0.2, 0) is 20.2 Å². The molecule has 0 atom stereocenters. The van der Waals surface area contributed by atoms with Crippen LogP contribution in [0.3, 0.4) is 0 Å². The van der Waals surface area contributed by atoms with Crippen molar-refractivity contribution in [1.29, 1.82) is 0 Å². The van der Waals surface area contributed by atoms with Gasteiger partial charge in [0.05, 0.1) is 24.7 Å². The van der Waals surface area contributed by atoms with Crippen molar-refractivity contribution < 1.29 is 45.1 Å². The number of anilines is 1. The van der Waals surface area contributed by atoms with Gasteiger partial charge in [-0.15, -0.1) is 0 Å². The predicted octanol–water partition coefficient (Wildman–Crippen LogP) is 4.06. The average Bonchev–Trinajstić information content (AvgIpc) is 3.62. The van der Waals surface area contributed by atoms with Gasteiger partial charge in [-0.3, -0.25) is 14.3 Å². The van der Waals surface area contributed by atoms with Crippen LogP contribution in [0.5, 0.6) is 5.75 Å². The number of furan rings is 2. The molecule has 3 heterocycles. The van der Waals surface area contributed by atoms with Gasteiger partial charge >= 0.3 is 0 Å². The minimum Gasteiger partial charge on any atom is -0.479 e. The maximum atomic E-state index is 13.7. The number of hydrogen-bond donors (Lipinski definition) is 2. The molecule has 4 aromatic rings. The summed E-state index contributed by atoms with van der Waals surface area (Å²) in [6.45, 7) is -0.659. The van der Waals surface area contributed by atoms with Crippen molar-refractivity contribution in [3.63, 3.8) is 0 Å². The second-order valence-corrected chi connectivity index (χ2v) is 7.20. The quantitative estimate of drug-likeness (QED) is 0.210. The number of benzene rings is 1. The lowest BCUT2D eigenvalue weighted by molar-refractivity contribution is 0.0939. The largest absolute Gasteiger partial charge is 0.479 e. The number of carbonyl (C=O) groups is 2. The van der Waals surface area contributed by atoms with Gasteiger partial charge in [0.2, 0.25) is 29.1 Å². The van der Waals surface area contributed by atoms with Crippen molar-refractivity contribution in [3.05, 3.63) is 88.8 Å². The molecule has 0 aliphatic heterocycles. The highest BCUT2D eigenvalue weighted by atomic mass is 19.2. The first-order valence-corrected chi connectivity index (χ1v) is 10.0. The van der Waals surface area contributed by atoms with E-state index in [4.69, 9.17) is 13.6 Å². The monoisotopic (exact) mass is 510 g/mol. The summed E-state index contributed by atoms with van der Waals surface area (Å²) in [7, 11) is 1.49. The molecule has 2 amide bonds. The summed E-state index contributed by atoms with van der Waals surface area (Å²) in [5.41, 5.74) is 0.0754. The van der Waals surface area contributed by atoms with Crippen molar-refractivity contribution >= 4 is 17.5 Å². The molecule has 0 saturated heterocycles. The summed E-state index contributed by atoms with van der Waals surface area (Å²) in [6.07, 6.45) is 2.68. The Labute approximate surface area is 198 Å². The van der Waals surface area contributed by atoms with E-state index in [2.05, 4.69) is 15.7 Å². The van der Waals surface area contributed by atoms with Gasteiger partial charge in [0.15, 0.2) is 11.5 Å². The average molecular weight is 510 g/mol. The molecule has 2 N–H and O–H groups in total. The summed E-state index contributed by atoms with van der Waals surface area (Å²) in [5.74, 6) is -13.8. The first kappa shape index (κ1) is 24.5. The molecule has 9 nitrogen and oxygen atoms in total. The SMILES string of the molecule is Cn1ncc(NC(=O)c2ccc(COc3c(F)c(F)c(F)c(F)c3F)o2)c1C(=O)NCc1ccco1. The molecule has 0 bridgehead atoms. The molecular formula is C22H15F5N4O5. The number of halogens is 5. The van der Waals surface area contributed by atoms with Crippen LogP contribution in [0.4, 0.5) is 27.6 Å². The summed E-state index contributed by atoms with van der Waals surface area (Å²) >= 11 is 0. The lowest BCUT2D eigenvalue weighted by Crippen LogP contribution is -2.26. The third kappa shape index (κ3) is 4.78. The smallest absolute Gasteiger partial charge is 0.291 e. The number of aromatic nitrogens is 2. The van der Waals surface area contributed by atoms with Gasteiger partial charge < -0.3 is 24.2 Å². The molecule has 0 spiro atoms. The Morgan fingerprint density at radius 1 is 0.972 bits per heavy atom. The van der Waals surface area contributed by atoms with Gasteiger partial charge in [-0.2, -0.15) is 13.9 Å². The van der Waals surface area contributed by atoms with Gasteiger partial charge in [-0.25, -0.2) is 13.2 Å². The second-order valence-electron chi connectivity index (χ2n) is 7.20. The van der Waals surface area contributed by atoms with E-state index in [1.54, 1.807) is 12.1 Å². The number of ether oxygens (including phenoxy) is 1. The third-order valence-electron chi connectivity index (χ3n) is 4.82. The Morgan fingerprint density at radius 3 is 2.33 bits per heavy atom. The van der Waals surface area contributed by atoms with Gasteiger partial charge in [0, 0.05) is 7.05 Å². The molecule has 36 heavy (non-hydrogen) atoms. The van der Waals surface area contributed by atoms with Crippen molar-refractivity contribution in [2.75, 3.05) is 5.32 Å². The number of nitrogens with zero attached hydrogens (tertiary/aromatic N) is 2. The van der Waals surface area contributed by atoms with E-state index in [1.165, 1.54) is 36.3 Å². The van der Waals surface area contributed by atoms with E-state index in [-0.39, 0.29) is 29.4 Å². The normalized spacial score (nSPS) is 10.9. The minimum absolute atomic E-state index is 0.0244. The molecule has 0 radical (unpaired) electrons. The standard InChI is InChI=1S/C22H15F5N4O5/c1-31-19(22(33)28-7-10-3-2-6-34-10)12(8-29-31)30-21(32)13-5-4-11(36-13)9-35-20-17(26)15(24)14(23)16(25)18(20)27/h2-6,8H,7,9H2,1H3,(H,28,33)(H,30,32). The lowest BCUT2D eigenvalue weighted by Gasteiger charge is -2.09. The van der Waals surface area contributed by atoms with E-state index < -0.39 is 53.3 Å². The predicted molar refractivity (Wildman–Crippen MR) is 110 cm³/mol. The Morgan fingerprint density at radius 2 is 1.67 bits per heavy atom. The summed E-state index contributed by atoms with van der Waals surface area (Å²) in [6, 6.07) is 5.69. The number of amides is 2. The fraction of sp³-hybridized carbons (Fsp3) is 0.136. The van der Waals surface area contributed by atoms with Crippen molar-refractivity contribution in [3.8, 4) is 5.75 Å². The Bertz CT molecular complexity index is 1400. The zero-order valence-electron chi connectivity index (χ0n) is 18.2. The molecule has 0 saturated carbocycles. The first-order chi connectivity index (χ1) is 17.2. The number of nitrogens with one attached hydrogen (secondary N) is 2. The highest BCUT2D eigenvalue weighted by Gasteiger charge is 2.27. The summed E-state index contributed by atoms with van der Waals surface area (Å²) in [5, 5.41) is 9.00. The van der Waals surface area contributed by atoms with Crippen molar-refractivity contribution in [2.24, 2.45) is 7.05 Å². The number of hydrogen-bond acceptors (Lipinski definition) is 6. The van der Waals surface area contributed by atoms with Crippen LogP contribution in [-0.4, -0.2) is 21.6 Å². The first-order valence-electron chi connectivity index (χ1n) is 10.0. The highest BCUT2D eigenvalue weighted by Crippen LogP contribution is 2.30. The zero-order valence-corrected chi connectivity index (χ0v) is 18.2. The lowest BCUT2D eigenvalue weighted by atomic mass is 10.2. The molecule has 0 unspecified atom stereocenters. The maximum Gasteiger partial charge on any atom is 0.291 e. The van der Waals surface area contributed by atoms with Crippen molar-refractivity contribution in [2.45, 2.75) is 13.2 Å². The number of carbonyl (C=O) groups excluding carboxylic acids is 2. The summed E-state index contributed by atoms with van der Waals surface area (Å²) < 4.78 is 83.5.